The molecule has 5 heteroatoms. The van der Waals surface area contributed by atoms with E-state index in [9.17, 15) is 5.21 Å². The van der Waals surface area contributed by atoms with Crippen molar-refractivity contribution in [3.05, 3.63) is 0 Å². The van der Waals surface area contributed by atoms with Crippen LogP contribution in [0.15, 0.2) is 0 Å². The smallest absolute Gasteiger partial charge is 0.268 e. The lowest BCUT2D eigenvalue weighted by Crippen LogP contribution is -2.65. The van der Waals surface area contributed by atoms with Crippen molar-refractivity contribution in [2.24, 2.45) is 0 Å². The molecule has 0 aromatic rings. The molecule has 2 saturated heterocycles. The van der Waals surface area contributed by atoms with Gasteiger partial charge in [-0.2, -0.15) is 5.06 Å². The highest BCUT2D eigenvalue weighted by Gasteiger charge is 2.52. The van der Waals surface area contributed by atoms with Gasteiger partial charge in [-0.05, 0) is 73.0 Å². The minimum absolute atomic E-state index is 0.170. The molecule has 0 saturated carbocycles. The summed E-state index contributed by atoms with van der Waals surface area (Å²) in [5.74, 6) is 0. The standard InChI is InChI=1S/C15H32N2O2Si/c1-7-19-20(6)10-8-9-16(20)13-11-14(2,3)17(18)15(4,5)12-13/h13,18H,7-12H2,1-6H3. The van der Waals surface area contributed by atoms with Gasteiger partial charge in [-0.15, -0.1) is 0 Å². The van der Waals surface area contributed by atoms with E-state index < -0.39 is 8.48 Å². The molecule has 0 bridgehead atoms. The molecule has 0 aromatic heterocycles. The Labute approximate surface area is 125 Å². The van der Waals surface area contributed by atoms with Crippen LogP contribution in [0.2, 0.25) is 12.6 Å². The largest absolute Gasteiger partial charge is 0.403 e. The summed E-state index contributed by atoms with van der Waals surface area (Å²) in [6.45, 7) is 15.1. The van der Waals surface area contributed by atoms with Crippen LogP contribution >= 0.6 is 0 Å². The van der Waals surface area contributed by atoms with Crippen molar-refractivity contribution in [3.63, 3.8) is 0 Å². The van der Waals surface area contributed by atoms with Gasteiger partial charge in [0.1, 0.15) is 0 Å². The first-order chi connectivity index (χ1) is 9.12. The first-order valence-electron chi connectivity index (χ1n) is 8.02. The lowest BCUT2D eigenvalue weighted by atomic mass is 9.79. The van der Waals surface area contributed by atoms with Crippen molar-refractivity contribution in [3.8, 4) is 0 Å². The zero-order chi connectivity index (χ0) is 15.2. The zero-order valence-corrected chi connectivity index (χ0v) is 15.1. The molecular weight excluding hydrogens is 268 g/mol. The fourth-order valence-corrected chi connectivity index (χ4v) is 8.05. The predicted octanol–water partition coefficient (Wildman–Crippen LogP) is 3.21. The Morgan fingerprint density at radius 3 is 2.25 bits per heavy atom. The average Bonchev–Trinajstić information content (AvgIpc) is 2.67. The minimum atomic E-state index is -1.72. The number of piperidine rings is 1. The Kier molecular flexibility index (Phi) is 4.40. The van der Waals surface area contributed by atoms with E-state index >= 15 is 0 Å². The first kappa shape index (κ1) is 16.4. The van der Waals surface area contributed by atoms with E-state index in [1.54, 1.807) is 5.06 Å². The summed E-state index contributed by atoms with van der Waals surface area (Å²) >= 11 is 0. The van der Waals surface area contributed by atoms with Gasteiger partial charge in [0.15, 0.2) is 0 Å². The SMILES string of the molecule is CCO[Si]1(C)CCCN1C1CC(C)(C)N(O)C(C)(C)C1. The van der Waals surface area contributed by atoms with Gasteiger partial charge >= 0.3 is 0 Å². The molecule has 20 heavy (non-hydrogen) atoms. The number of nitrogens with zero attached hydrogens (tertiary/aromatic N) is 2. The molecular formula is C15H32N2O2Si. The van der Waals surface area contributed by atoms with Crippen LogP contribution < -0.4 is 0 Å². The highest BCUT2D eigenvalue weighted by molar-refractivity contribution is 6.70. The molecule has 0 spiro atoms. The molecule has 0 amide bonds. The lowest BCUT2D eigenvalue weighted by Gasteiger charge is -2.54. The molecule has 0 radical (unpaired) electrons. The van der Waals surface area contributed by atoms with Gasteiger partial charge in [0.05, 0.1) is 0 Å². The van der Waals surface area contributed by atoms with Crippen molar-refractivity contribution in [1.82, 2.24) is 9.63 Å². The van der Waals surface area contributed by atoms with Crippen molar-refractivity contribution < 1.29 is 9.63 Å². The molecule has 4 nitrogen and oxygen atoms in total. The third-order valence-corrected chi connectivity index (χ3v) is 9.16. The molecule has 0 aliphatic carbocycles. The fourth-order valence-electron chi connectivity index (χ4n) is 4.43. The number of hydroxylamine groups is 2. The normalized spacial score (nSPS) is 35.5. The Hall–Kier alpha value is 0.0569. The van der Waals surface area contributed by atoms with E-state index in [0.29, 0.717) is 6.04 Å². The molecule has 1 unspecified atom stereocenters. The number of rotatable bonds is 3. The molecule has 2 rings (SSSR count). The quantitative estimate of drug-likeness (QED) is 0.812. The van der Waals surface area contributed by atoms with Gasteiger partial charge in [-0.1, -0.05) is 0 Å². The molecule has 1 N–H and O–H groups in total. The molecule has 118 valence electrons. The first-order valence-corrected chi connectivity index (χ1v) is 10.6. The van der Waals surface area contributed by atoms with Gasteiger partial charge in [0.25, 0.3) is 8.48 Å². The monoisotopic (exact) mass is 300 g/mol. The van der Waals surface area contributed by atoms with Crippen LogP contribution in [0.4, 0.5) is 0 Å². The average molecular weight is 301 g/mol. The van der Waals surface area contributed by atoms with E-state index in [-0.39, 0.29) is 11.1 Å². The molecule has 2 aliphatic heterocycles. The van der Waals surface area contributed by atoms with E-state index in [1.807, 2.05) is 0 Å². The Morgan fingerprint density at radius 1 is 1.20 bits per heavy atom. The van der Waals surface area contributed by atoms with E-state index in [0.717, 1.165) is 19.4 Å². The van der Waals surface area contributed by atoms with Crippen LogP contribution in [0.1, 0.15) is 53.9 Å². The van der Waals surface area contributed by atoms with Crippen LogP contribution in [0.5, 0.6) is 0 Å². The van der Waals surface area contributed by atoms with Crippen molar-refractivity contribution >= 4 is 8.48 Å². The zero-order valence-electron chi connectivity index (χ0n) is 14.1. The van der Waals surface area contributed by atoms with Crippen LogP contribution in [0, 0.1) is 0 Å². The third kappa shape index (κ3) is 2.83. The Balaban J connectivity index is 2.20. The maximum absolute atomic E-state index is 10.5. The van der Waals surface area contributed by atoms with Crippen molar-refractivity contribution in [2.45, 2.75) is 83.6 Å². The lowest BCUT2D eigenvalue weighted by molar-refractivity contribution is -0.250. The molecule has 0 aromatic carbocycles. The number of hydrogen-bond acceptors (Lipinski definition) is 4. The number of hydrogen-bond donors (Lipinski definition) is 1. The Morgan fingerprint density at radius 2 is 1.75 bits per heavy atom. The summed E-state index contributed by atoms with van der Waals surface area (Å²) < 4.78 is 8.90. The highest BCUT2D eigenvalue weighted by Crippen LogP contribution is 2.42. The van der Waals surface area contributed by atoms with Gasteiger partial charge in [0.2, 0.25) is 0 Å². The second kappa shape index (κ2) is 5.36. The summed E-state index contributed by atoms with van der Waals surface area (Å²) in [6.07, 6.45) is 3.30. The summed E-state index contributed by atoms with van der Waals surface area (Å²) in [5, 5.41) is 12.0. The van der Waals surface area contributed by atoms with Crippen LogP contribution in [-0.4, -0.2) is 53.6 Å². The van der Waals surface area contributed by atoms with Gasteiger partial charge in [-0.25, -0.2) is 0 Å². The van der Waals surface area contributed by atoms with Gasteiger partial charge in [-0.3, -0.25) is 4.57 Å². The molecule has 2 heterocycles. The highest BCUT2D eigenvalue weighted by atomic mass is 28.4. The molecule has 2 fully saturated rings. The molecule has 1 atom stereocenters. The second-order valence-corrected chi connectivity index (χ2v) is 11.6. The van der Waals surface area contributed by atoms with Crippen molar-refractivity contribution in [1.29, 1.82) is 0 Å². The summed E-state index contributed by atoms with van der Waals surface area (Å²) in [6, 6.07) is 1.79. The van der Waals surface area contributed by atoms with Crippen LogP contribution in [-0.2, 0) is 4.43 Å². The fraction of sp³-hybridized carbons (Fsp3) is 1.00. The van der Waals surface area contributed by atoms with Gasteiger partial charge in [0, 0.05) is 23.7 Å². The minimum Gasteiger partial charge on any atom is -0.403 e. The second-order valence-electron chi connectivity index (χ2n) is 7.90. The predicted molar refractivity (Wildman–Crippen MR) is 84.2 cm³/mol. The maximum Gasteiger partial charge on any atom is 0.268 e. The molecule has 2 aliphatic rings. The van der Waals surface area contributed by atoms with Crippen molar-refractivity contribution in [2.75, 3.05) is 13.2 Å². The van der Waals surface area contributed by atoms with Crippen LogP contribution in [0.25, 0.3) is 0 Å². The topological polar surface area (TPSA) is 35.9 Å². The summed E-state index contributed by atoms with van der Waals surface area (Å²) in [4.78, 5) is 0. The van der Waals surface area contributed by atoms with E-state index in [2.05, 4.69) is 45.7 Å². The Bertz CT molecular complexity index is 344. The van der Waals surface area contributed by atoms with Gasteiger partial charge < -0.3 is 9.63 Å². The third-order valence-electron chi connectivity index (χ3n) is 5.16. The summed E-state index contributed by atoms with van der Waals surface area (Å²) in [5.41, 5.74) is -0.340. The van der Waals surface area contributed by atoms with Crippen LogP contribution in [0.3, 0.4) is 0 Å². The summed E-state index contributed by atoms with van der Waals surface area (Å²) in [7, 11) is -1.72. The van der Waals surface area contributed by atoms with E-state index in [4.69, 9.17) is 4.43 Å². The maximum atomic E-state index is 10.5. The van der Waals surface area contributed by atoms with E-state index in [1.165, 1.54) is 19.0 Å².